The summed E-state index contributed by atoms with van der Waals surface area (Å²) in [7, 11) is -5.58. The van der Waals surface area contributed by atoms with Crippen molar-refractivity contribution in [3.05, 3.63) is 0 Å². The molecule has 0 unspecified atom stereocenters. The summed E-state index contributed by atoms with van der Waals surface area (Å²) in [6.45, 7) is 3.84. The minimum atomic E-state index is -5.58. The largest absolute Gasteiger partial charge is 0.616 e. The van der Waals surface area contributed by atoms with Crippen LogP contribution in [-0.4, -0.2) is 21.7 Å². The van der Waals surface area contributed by atoms with Crippen LogP contribution in [0.1, 0.15) is 20.3 Å². The zero-order chi connectivity index (χ0) is 10.5. The summed E-state index contributed by atoms with van der Waals surface area (Å²) in [6.07, 6.45) is -0.525. The number of halogens is 3. The summed E-state index contributed by atoms with van der Waals surface area (Å²) >= 11 is 0. The third kappa shape index (κ3) is 9.39. The van der Waals surface area contributed by atoms with Gasteiger partial charge < -0.3 is 4.74 Å². The Labute approximate surface area is 76.6 Å². The van der Waals surface area contributed by atoms with Gasteiger partial charge >= 0.3 is 15.0 Å². The van der Waals surface area contributed by atoms with E-state index in [0.29, 0.717) is 0 Å². The van der Waals surface area contributed by atoms with Gasteiger partial charge in [-0.15, -0.1) is 0 Å². The van der Waals surface area contributed by atoms with Gasteiger partial charge in [-0.3, -0.25) is 4.79 Å². The molecule has 6 heteroatoms. The fourth-order valence-corrected chi connectivity index (χ4v) is 1.06. The molecule has 0 aromatic carbocycles. The van der Waals surface area contributed by atoms with Crippen molar-refractivity contribution >= 4 is 15.0 Å². The van der Waals surface area contributed by atoms with Crippen LogP contribution in [0.5, 0.6) is 0 Å². The molecule has 0 aliphatic rings. The smallest absolute Gasteiger partial charge is 0.465 e. The SMILES string of the molecule is CC(C)COC(=O)CC[Si](F)(F)F. The van der Waals surface area contributed by atoms with Crippen LogP contribution in [0.4, 0.5) is 12.3 Å². The van der Waals surface area contributed by atoms with Gasteiger partial charge in [-0.1, -0.05) is 13.8 Å². The van der Waals surface area contributed by atoms with E-state index >= 15 is 0 Å². The normalized spacial score (nSPS) is 11.8. The Morgan fingerprint density at radius 3 is 2.31 bits per heavy atom. The number of carbonyl (C=O) groups excluding carboxylic acids is 1. The monoisotopic (exact) mass is 214 g/mol. The van der Waals surface area contributed by atoms with Crippen molar-refractivity contribution < 1.29 is 21.9 Å². The highest BCUT2D eigenvalue weighted by Crippen LogP contribution is 2.17. The van der Waals surface area contributed by atoms with Gasteiger partial charge in [0, 0.05) is 6.04 Å². The minimum Gasteiger partial charge on any atom is -0.465 e. The fraction of sp³-hybridized carbons (Fsp3) is 0.857. The Kier molecular flexibility index (Phi) is 5.05. The zero-order valence-electron chi connectivity index (χ0n) is 7.65. The second-order valence-corrected chi connectivity index (χ2v) is 4.92. The Hall–Kier alpha value is -0.523. The van der Waals surface area contributed by atoms with E-state index in [1.165, 1.54) is 0 Å². The summed E-state index contributed by atoms with van der Waals surface area (Å²) in [5, 5.41) is 0. The lowest BCUT2D eigenvalue weighted by Gasteiger charge is -2.06. The van der Waals surface area contributed by atoms with Gasteiger partial charge in [0.05, 0.1) is 13.0 Å². The molecule has 0 spiro atoms. The van der Waals surface area contributed by atoms with Gasteiger partial charge in [-0.25, -0.2) is 12.3 Å². The molecule has 0 bridgehead atoms. The van der Waals surface area contributed by atoms with Crippen LogP contribution in [0.15, 0.2) is 0 Å². The zero-order valence-corrected chi connectivity index (χ0v) is 8.65. The van der Waals surface area contributed by atoms with E-state index in [1.54, 1.807) is 0 Å². The lowest BCUT2D eigenvalue weighted by atomic mass is 10.2. The summed E-state index contributed by atoms with van der Waals surface area (Å²) < 4.78 is 39.8. The Balaban J connectivity index is 3.53. The quantitative estimate of drug-likeness (QED) is 0.399. The van der Waals surface area contributed by atoms with E-state index in [1.807, 2.05) is 13.8 Å². The van der Waals surface area contributed by atoms with Gasteiger partial charge in [0.1, 0.15) is 0 Å². The maximum Gasteiger partial charge on any atom is 0.616 e. The molecule has 0 aliphatic carbocycles. The first-order valence-electron chi connectivity index (χ1n) is 4.03. The standard InChI is InChI=1S/C7H13F3O2Si/c1-6(2)5-12-7(11)3-4-13(8,9)10/h6H,3-5H2,1-2H3. The lowest BCUT2D eigenvalue weighted by molar-refractivity contribution is -0.144. The predicted molar refractivity (Wildman–Crippen MR) is 44.3 cm³/mol. The first-order chi connectivity index (χ1) is 5.81. The van der Waals surface area contributed by atoms with Gasteiger partial charge in [-0.2, -0.15) is 0 Å². The summed E-state index contributed by atoms with van der Waals surface area (Å²) in [5.41, 5.74) is 0. The predicted octanol–water partition coefficient (Wildman–Crippen LogP) is 2.42. The third-order valence-corrected chi connectivity index (χ3v) is 2.01. The molecule has 0 saturated heterocycles. The number of ether oxygens (including phenoxy) is 1. The first-order valence-corrected chi connectivity index (χ1v) is 5.87. The highest BCUT2D eigenvalue weighted by atomic mass is 28.5. The Morgan fingerprint density at radius 1 is 1.38 bits per heavy atom. The maximum atomic E-state index is 11.7. The molecular formula is C7H13F3O2Si. The molecule has 0 fully saturated rings. The van der Waals surface area contributed by atoms with Crippen molar-refractivity contribution in [1.82, 2.24) is 0 Å². The number of hydrogen-bond donors (Lipinski definition) is 0. The third-order valence-electron chi connectivity index (χ3n) is 1.19. The molecule has 0 radical (unpaired) electrons. The van der Waals surface area contributed by atoms with Gasteiger partial charge in [0.2, 0.25) is 0 Å². The van der Waals surface area contributed by atoms with Crippen molar-refractivity contribution in [2.75, 3.05) is 6.61 Å². The number of carbonyl (C=O) groups is 1. The summed E-state index contributed by atoms with van der Waals surface area (Å²) in [6, 6.07) is -0.968. The Morgan fingerprint density at radius 2 is 1.92 bits per heavy atom. The molecule has 0 aromatic rings. The van der Waals surface area contributed by atoms with Crippen LogP contribution >= 0.6 is 0 Å². The molecule has 0 heterocycles. The summed E-state index contributed by atoms with van der Waals surface area (Å²) in [4.78, 5) is 10.7. The van der Waals surface area contributed by atoms with Crippen molar-refractivity contribution in [3.63, 3.8) is 0 Å². The highest BCUT2D eigenvalue weighted by molar-refractivity contribution is 6.58. The van der Waals surface area contributed by atoms with Crippen LogP contribution in [-0.2, 0) is 9.53 Å². The van der Waals surface area contributed by atoms with Gasteiger partial charge in [0.25, 0.3) is 0 Å². The average molecular weight is 214 g/mol. The molecule has 0 atom stereocenters. The van der Waals surface area contributed by atoms with Crippen LogP contribution in [0.2, 0.25) is 6.04 Å². The molecular weight excluding hydrogens is 201 g/mol. The molecule has 13 heavy (non-hydrogen) atoms. The van der Waals surface area contributed by atoms with Gasteiger partial charge in [0.15, 0.2) is 0 Å². The average Bonchev–Trinajstić information content (AvgIpc) is 1.95. The maximum absolute atomic E-state index is 11.7. The van der Waals surface area contributed by atoms with E-state index in [4.69, 9.17) is 0 Å². The molecule has 0 rings (SSSR count). The molecule has 0 saturated carbocycles. The fourth-order valence-electron chi connectivity index (χ4n) is 0.576. The van der Waals surface area contributed by atoms with Crippen molar-refractivity contribution in [2.24, 2.45) is 5.92 Å². The van der Waals surface area contributed by atoms with E-state index in [0.717, 1.165) is 0 Å². The molecule has 0 amide bonds. The van der Waals surface area contributed by atoms with E-state index in [9.17, 15) is 17.1 Å². The minimum absolute atomic E-state index is 0.159. The topological polar surface area (TPSA) is 26.3 Å². The van der Waals surface area contributed by atoms with Crippen LogP contribution < -0.4 is 0 Å². The molecule has 0 aromatic heterocycles. The van der Waals surface area contributed by atoms with E-state index < -0.39 is 27.5 Å². The van der Waals surface area contributed by atoms with Crippen molar-refractivity contribution in [1.29, 1.82) is 0 Å². The molecule has 2 nitrogen and oxygen atoms in total. The summed E-state index contributed by atoms with van der Waals surface area (Å²) in [5.74, 6) is -0.592. The van der Waals surface area contributed by atoms with Crippen molar-refractivity contribution in [3.8, 4) is 0 Å². The molecule has 78 valence electrons. The number of esters is 1. The van der Waals surface area contributed by atoms with Crippen molar-refractivity contribution in [2.45, 2.75) is 26.3 Å². The number of rotatable bonds is 5. The van der Waals surface area contributed by atoms with Crippen LogP contribution in [0, 0.1) is 5.92 Å². The van der Waals surface area contributed by atoms with Gasteiger partial charge in [-0.05, 0) is 5.92 Å². The second kappa shape index (κ2) is 5.26. The first kappa shape index (κ1) is 12.5. The second-order valence-electron chi connectivity index (χ2n) is 3.19. The van der Waals surface area contributed by atoms with E-state index in [-0.39, 0.29) is 12.5 Å². The number of hydrogen-bond acceptors (Lipinski definition) is 2. The van der Waals surface area contributed by atoms with Crippen LogP contribution in [0.25, 0.3) is 0 Å². The van der Waals surface area contributed by atoms with E-state index in [2.05, 4.69) is 4.74 Å². The highest BCUT2D eigenvalue weighted by Gasteiger charge is 2.36. The molecule has 0 N–H and O–H groups in total. The lowest BCUT2D eigenvalue weighted by Crippen LogP contribution is -2.18. The van der Waals surface area contributed by atoms with Crippen LogP contribution in [0.3, 0.4) is 0 Å². The molecule has 0 aliphatic heterocycles. The Bertz CT molecular complexity index is 168.